The Labute approximate surface area is 124 Å². The Kier molecular flexibility index (Phi) is 3.79. The molecular weight excluding hydrogens is 296 g/mol. The van der Waals surface area contributed by atoms with Crippen molar-refractivity contribution in [3.63, 3.8) is 0 Å². The van der Waals surface area contributed by atoms with Crippen LogP contribution in [0.15, 0.2) is 23.1 Å². The van der Waals surface area contributed by atoms with Gasteiger partial charge in [-0.1, -0.05) is 24.1 Å². The summed E-state index contributed by atoms with van der Waals surface area (Å²) in [4.78, 5) is 0.152. The van der Waals surface area contributed by atoms with Gasteiger partial charge in [-0.25, -0.2) is 13.1 Å². The quantitative estimate of drug-likeness (QED) is 0.895. The minimum absolute atomic E-state index is 0.0731. The van der Waals surface area contributed by atoms with E-state index in [4.69, 9.17) is 17.3 Å². The first-order valence-corrected chi connectivity index (χ1v) is 8.86. The second-order valence-electron chi connectivity index (χ2n) is 5.87. The van der Waals surface area contributed by atoms with Gasteiger partial charge in [-0.2, -0.15) is 0 Å². The van der Waals surface area contributed by atoms with Crippen molar-refractivity contribution in [3.8, 4) is 0 Å². The second kappa shape index (κ2) is 5.30. The zero-order valence-corrected chi connectivity index (χ0v) is 12.8. The van der Waals surface area contributed by atoms with Gasteiger partial charge in [0.05, 0.1) is 5.02 Å². The standard InChI is InChI=1S/C14H19ClN2O2S/c15-12-6-10(8-16)2-4-14(12)20(18,19)17-13-7-9-1-3-11(13)5-9/h2,4,6,9,11,13,17H,1,3,5,7-8,16H2. The predicted molar refractivity (Wildman–Crippen MR) is 78.9 cm³/mol. The average Bonchev–Trinajstić information content (AvgIpc) is 2.99. The summed E-state index contributed by atoms with van der Waals surface area (Å²) in [5, 5.41) is 0.239. The summed E-state index contributed by atoms with van der Waals surface area (Å²) in [6.07, 6.45) is 4.50. The first kappa shape index (κ1) is 14.3. The van der Waals surface area contributed by atoms with Crippen LogP contribution in [-0.2, 0) is 16.6 Å². The van der Waals surface area contributed by atoms with Gasteiger partial charge in [0.25, 0.3) is 0 Å². The highest BCUT2D eigenvalue weighted by Gasteiger charge is 2.41. The van der Waals surface area contributed by atoms with Crippen LogP contribution in [0.1, 0.15) is 31.2 Å². The summed E-state index contributed by atoms with van der Waals surface area (Å²) in [6, 6.07) is 4.95. The van der Waals surface area contributed by atoms with E-state index in [2.05, 4.69) is 4.72 Å². The third kappa shape index (κ3) is 2.60. The predicted octanol–water partition coefficient (Wildman–Crippen LogP) is 2.27. The van der Waals surface area contributed by atoms with Gasteiger partial charge in [0.1, 0.15) is 4.90 Å². The molecule has 0 heterocycles. The number of hydrogen-bond acceptors (Lipinski definition) is 3. The van der Waals surface area contributed by atoms with Crippen LogP contribution in [0.3, 0.4) is 0 Å². The first-order valence-electron chi connectivity index (χ1n) is 7.00. The molecule has 2 aliphatic carbocycles. The van der Waals surface area contributed by atoms with Gasteiger partial charge >= 0.3 is 0 Å². The molecule has 2 fully saturated rings. The third-order valence-corrected chi connectivity index (χ3v) is 6.54. The summed E-state index contributed by atoms with van der Waals surface area (Å²) in [6.45, 7) is 0.347. The summed E-state index contributed by atoms with van der Waals surface area (Å²) < 4.78 is 27.8. The third-order valence-electron chi connectivity index (χ3n) is 4.57. The molecule has 0 aliphatic heterocycles. The summed E-state index contributed by atoms with van der Waals surface area (Å²) in [5.41, 5.74) is 6.35. The van der Waals surface area contributed by atoms with Gasteiger partial charge < -0.3 is 5.73 Å². The minimum atomic E-state index is -3.54. The lowest BCUT2D eigenvalue weighted by Gasteiger charge is -2.23. The Hall–Kier alpha value is -0.620. The molecule has 3 N–H and O–H groups in total. The molecule has 0 spiro atoms. The fourth-order valence-electron chi connectivity index (χ4n) is 3.54. The van der Waals surface area contributed by atoms with Crippen molar-refractivity contribution in [3.05, 3.63) is 28.8 Å². The molecule has 1 aromatic carbocycles. The monoisotopic (exact) mass is 314 g/mol. The van der Waals surface area contributed by atoms with Gasteiger partial charge in [0.2, 0.25) is 10.0 Å². The molecule has 2 saturated carbocycles. The van der Waals surface area contributed by atoms with E-state index in [0.29, 0.717) is 18.4 Å². The van der Waals surface area contributed by atoms with Crippen molar-refractivity contribution >= 4 is 21.6 Å². The van der Waals surface area contributed by atoms with Crippen molar-refractivity contribution in [2.45, 2.75) is 43.2 Å². The van der Waals surface area contributed by atoms with E-state index in [9.17, 15) is 8.42 Å². The van der Waals surface area contributed by atoms with Crippen LogP contribution < -0.4 is 10.5 Å². The van der Waals surface area contributed by atoms with E-state index in [1.807, 2.05) is 0 Å². The van der Waals surface area contributed by atoms with Gasteiger partial charge in [-0.15, -0.1) is 0 Å². The summed E-state index contributed by atoms with van der Waals surface area (Å²) >= 11 is 6.08. The zero-order chi connectivity index (χ0) is 14.3. The molecule has 0 saturated heterocycles. The van der Waals surface area contributed by atoms with Gasteiger partial charge in [0, 0.05) is 12.6 Å². The number of halogens is 1. The zero-order valence-electron chi connectivity index (χ0n) is 11.2. The van der Waals surface area contributed by atoms with E-state index in [1.54, 1.807) is 18.2 Å². The normalized spacial score (nSPS) is 29.0. The van der Waals surface area contributed by atoms with Crippen LogP contribution >= 0.6 is 11.6 Å². The van der Waals surface area contributed by atoms with Crippen molar-refractivity contribution in [1.82, 2.24) is 4.72 Å². The van der Waals surface area contributed by atoms with E-state index in [-0.39, 0.29) is 16.0 Å². The molecule has 1 aromatic rings. The van der Waals surface area contributed by atoms with Crippen LogP contribution in [0, 0.1) is 11.8 Å². The minimum Gasteiger partial charge on any atom is -0.326 e. The summed E-state index contributed by atoms with van der Waals surface area (Å²) in [7, 11) is -3.54. The Bertz CT molecular complexity index is 618. The highest BCUT2D eigenvalue weighted by molar-refractivity contribution is 7.89. The maximum absolute atomic E-state index is 12.5. The molecule has 20 heavy (non-hydrogen) atoms. The number of nitrogens with one attached hydrogen (secondary N) is 1. The molecule has 6 heteroatoms. The molecule has 3 atom stereocenters. The molecule has 0 aromatic heterocycles. The van der Waals surface area contributed by atoms with Crippen LogP contribution in [0.2, 0.25) is 5.02 Å². The first-order chi connectivity index (χ1) is 9.49. The Morgan fingerprint density at radius 1 is 1.30 bits per heavy atom. The number of nitrogens with two attached hydrogens (primary N) is 1. The second-order valence-corrected chi connectivity index (χ2v) is 7.96. The van der Waals surface area contributed by atoms with Crippen molar-refractivity contribution in [2.75, 3.05) is 0 Å². The lowest BCUT2D eigenvalue weighted by atomic mass is 9.96. The van der Waals surface area contributed by atoms with Crippen LogP contribution in [0.5, 0.6) is 0 Å². The molecule has 4 nitrogen and oxygen atoms in total. The maximum atomic E-state index is 12.5. The van der Waals surface area contributed by atoms with E-state index in [0.717, 1.165) is 24.8 Å². The molecule has 2 aliphatic rings. The highest BCUT2D eigenvalue weighted by Crippen LogP contribution is 2.45. The Morgan fingerprint density at radius 3 is 2.65 bits per heavy atom. The van der Waals surface area contributed by atoms with E-state index in [1.165, 1.54) is 6.42 Å². The molecule has 3 unspecified atom stereocenters. The number of benzene rings is 1. The van der Waals surface area contributed by atoms with Crippen molar-refractivity contribution < 1.29 is 8.42 Å². The van der Waals surface area contributed by atoms with Crippen molar-refractivity contribution in [2.24, 2.45) is 17.6 Å². The number of fused-ring (bicyclic) bond motifs is 2. The topological polar surface area (TPSA) is 72.2 Å². The van der Waals surface area contributed by atoms with Gasteiger partial charge in [-0.05, 0) is 48.8 Å². The van der Waals surface area contributed by atoms with Crippen LogP contribution in [-0.4, -0.2) is 14.5 Å². The largest absolute Gasteiger partial charge is 0.326 e. The lowest BCUT2D eigenvalue weighted by molar-refractivity contribution is 0.390. The highest BCUT2D eigenvalue weighted by atomic mass is 35.5. The fraction of sp³-hybridized carbons (Fsp3) is 0.571. The van der Waals surface area contributed by atoms with Crippen LogP contribution in [0.4, 0.5) is 0 Å². The van der Waals surface area contributed by atoms with Gasteiger partial charge in [-0.3, -0.25) is 0 Å². The number of rotatable bonds is 4. The molecule has 0 amide bonds. The number of sulfonamides is 1. The number of hydrogen-bond donors (Lipinski definition) is 2. The average molecular weight is 315 g/mol. The Balaban J connectivity index is 1.81. The van der Waals surface area contributed by atoms with Crippen LogP contribution in [0.25, 0.3) is 0 Å². The molecule has 3 rings (SSSR count). The SMILES string of the molecule is NCc1ccc(S(=O)(=O)NC2CC3CCC2C3)c(Cl)c1. The van der Waals surface area contributed by atoms with E-state index < -0.39 is 10.0 Å². The van der Waals surface area contributed by atoms with Gasteiger partial charge in [0.15, 0.2) is 0 Å². The molecule has 2 bridgehead atoms. The molecular formula is C14H19ClN2O2S. The van der Waals surface area contributed by atoms with E-state index >= 15 is 0 Å². The molecule has 110 valence electrons. The Morgan fingerprint density at radius 2 is 2.10 bits per heavy atom. The molecule has 0 radical (unpaired) electrons. The maximum Gasteiger partial charge on any atom is 0.242 e. The van der Waals surface area contributed by atoms with Crippen molar-refractivity contribution in [1.29, 1.82) is 0 Å². The lowest BCUT2D eigenvalue weighted by Crippen LogP contribution is -2.38. The fourth-order valence-corrected chi connectivity index (χ4v) is 5.43. The smallest absolute Gasteiger partial charge is 0.242 e. The summed E-state index contributed by atoms with van der Waals surface area (Å²) in [5.74, 6) is 1.19.